The van der Waals surface area contributed by atoms with E-state index in [0.717, 1.165) is 5.56 Å². The number of nitrogens with one attached hydrogen (secondary N) is 1. The molecule has 1 unspecified atom stereocenters. The van der Waals surface area contributed by atoms with E-state index in [1.54, 1.807) is 25.4 Å². The molecule has 1 aromatic rings. The number of amides is 1. The van der Waals surface area contributed by atoms with Crippen LogP contribution in [0.3, 0.4) is 0 Å². The zero-order valence-corrected chi connectivity index (χ0v) is 10.8. The molecule has 0 aliphatic rings. The lowest BCUT2D eigenvalue weighted by molar-refractivity contribution is -0.131. The van der Waals surface area contributed by atoms with Crippen LogP contribution in [0.2, 0.25) is 0 Å². The zero-order chi connectivity index (χ0) is 13.1. The van der Waals surface area contributed by atoms with Crippen molar-refractivity contribution in [2.75, 3.05) is 6.61 Å². The summed E-state index contributed by atoms with van der Waals surface area (Å²) in [7, 11) is 0. The number of carbonyl (C=O) groups is 1. The minimum absolute atomic E-state index is 0.0992. The monoisotopic (exact) mass is 236 g/mol. The number of aromatic nitrogens is 1. The predicted molar refractivity (Wildman–Crippen MR) is 66.3 cm³/mol. The van der Waals surface area contributed by atoms with E-state index < -0.39 is 11.0 Å². The fraction of sp³-hybridized carbons (Fsp3) is 0.538. The van der Waals surface area contributed by atoms with Crippen molar-refractivity contribution in [2.24, 2.45) is 5.41 Å². The molecule has 94 valence electrons. The Balaban J connectivity index is 2.95. The number of hydrogen-bond acceptors (Lipinski definition) is 3. The third kappa shape index (κ3) is 3.27. The quantitative estimate of drug-likeness (QED) is 0.835. The van der Waals surface area contributed by atoms with E-state index in [4.69, 9.17) is 0 Å². The SMILES string of the molecule is CC(C)(C)C(=O)NC(C)(CO)c1cccnc1. The number of aliphatic hydroxyl groups excluding tert-OH is 1. The number of aliphatic hydroxyl groups is 1. The largest absolute Gasteiger partial charge is 0.394 e. The molecule has 0 aliphatic carbocycles. The zero-order valence-electron chi connectivity index (χ0n) is 10.8. The van der Waals surface area contributed by atoms with Crippen LogP contribution >= 0.6 is 0 Å². The highest BCUT2D eigenvalue weighted by Gasteiger charge is 2.32. The van der Waals surface area contributed by atoms with E-state index in [1.165, 1.54) is 0 Å². The highest BCUT2D eigenvalue weighted by Crippen LogP contribution is 2.22. The molecule has 1 amide bonds. The van der Waals surface area contributed by atoms with Gasteiger partial charge in [0.05, 0.1) is 12.1 Å². The van der Waals surface area contributed by atoms with Crippen LogP contribution < -0.4 is 5.32 Å². The second-order valence-electron chi connectivity index (χ2n) is 5.44. The molecule has 0 fully saturated rings. The van der Waals surface area contributed by atoms with Crippen molar-refractivity contribution in [1.29, 1.82) is 0 Å². The first-order valence-electron chi connectivity index (χ1n) is 5.63. The van der Waals surface area contributed by atoms with Crippen molar-refractivity contribution < 1.29 is 9.90 Å². The van der Waals surface area contributed by atoms with Crippen LogP contribution in [0.15, 0.2) is 24.5 Å². The van der Waals surface area contributed by atoms with Gasteiger partial charge in [-0.1, -0.05) is 26.8 Å². The Hall–Kier alpha value is -1.42. The second-order valence-corrected chi connectivity index (χ2v) is 5.44. The molecule has 0 aromatic carbocycles. The number of hydrogen-bond donors (Lipinski definition) is 2. The van der Waals surface area contributed by atoms with Gasteiger partial charge in [0.25, 0.3) is 0 Å². The summed E-state index contributed by atoms with van der Waals surface area (Å²) in [5, 5.41) is 12.4. The molecule has 0 spiro atoms. The lowest BCUT2D eigenvalue weighted by atomic mass is 9.90. The smallest absolute Gasteiger partial charge is 0.226 e. The first kappa shape index (κ1) is 13.6. The Morgan fingerprint density at radius 1 is 1.41 bits per heavy atom. The Bertz CT molecular complexity index is 384. The minimum Gasteiger partial charge on any atom is -0.394 e. The average molecular weight is 236 g/mol. The van der Waals surface area contributed by atoms with E-state index in [2.05, 4.69) is 10.3 Å². The first-order valence-corrected chi connectivity index (χ1v) is 5.63. The van der Waals surface area contributed by atoms with Crippen LogP contribution in [0.25, 0.3) is 0 Å². The first-order chi connectivity index (χ1) is 7.79. The maximum Gasteiger partial charge on any atom is 0.226 e. The number of carbonyl (C=O) groups excluding carboxylic acids is 1. The Morgan fingerprint density at radius 3 is 2.47 bits per heavy atom. The molecular formula is C13H20N2O2. The molecular weight excluding hydrogens is 216 g/mol. The molecule has 1 aromatic heterocycles. The van der Waals surface area contributed by atoms with Crippen molar-refractivity contribution >= 4 is 5.91 Å². The fourth-order valence-corrected chi connectivity index (χ4v) is 1.33. The number of rotatable bonds is 3. The van der Waals surface area contributed by atoms with Gasteiger partial charge in [-0.15, -0.1) is 0 Å². The molecule has 1 atom stereocenters. The van der Waals surface area contributed by atoms with Gasteiger partial charge < -0.3 is 10.4 Å². The van der Waals surface area contributed by atoms with Crippen molar-refractivity contribution in [2.45, 2.75) is 33.2 Å². The van der Waals surface area contributed by atoms with Gasteiger partial charge >= 0.3 is 0 Å². The molecule has 4 heteroatoms. The molecule has 0 bridgehead atoms. The van der Waals surface area contributed by atoms with Crippen molar-refractivity contribution in [3.05, 3.63) is 30.1 Å². The van der Waals surface area contributed by atoms with Crippen molar-refractivity contribution in [3.8, 4) is 0 Å². The Morgan fingerprint density at radius 2 is 2.06 bits per heavy atom. The van der Waals surface area contributed by atoms with E-state index in [9.17, 15) is 9.90 Å². The summed E-state index contributed by atoms with van der Waals surface area (Å²) in [6.45, 7) is 7.13. The maximum atomic E-state index is 12.0. The van der Waals surface area contributed by atoms with Gasteiger partial charge in [-0.05, 0) is 18.6 Å². The lowest BCUT2D eigenvalue weighted by Gasteiger charge is -2.32. The molecule has 0 aliphatic heterocycles. The summed E-state index contributed by atoms with van der Waals surface area (Å²) in [5.41, 5.74) is -0.489. The summed E-state index contributed by atoms with van der Waals surface area (Å²) in [4.78, 5) is 16.0. The lowest BCUT2D eigenvalue weighted by Crippen LogP contribution is -2.50. The highest BCUT2D eigenvalue weighted by atomic mass is 16.3. The maximum absolute atomic E-state index is 12.0. The molecule has 0 saturated carbocycles. The van der Waals surface area contributed by atoms with Crippen LogP contribution in [-0.4, -0.2) is 22.6 Å². The van der Waals surface area contributed by atoms with Gasteiger partial charge in [0.1, 0.15) is 0 Å². The third-order valence-corrected chi connectivity index (χ3v) is 2.69. The van der Waals surface area contributed by atoms with Gasteiger partial charge in [0.15, 0.2) is 0 Å². The van der Waals surface area contributed by atoms with Crippen LogP contribution in [-0.2, 0) is 10.3 Å². The van der Waals surface area contributed by atoms with Gasteiger partial charge in [-0.25, -0.2) is 0 Å². The summed E-state index contributed by atoms with van der Waals surface area (Å²) >= 11 is 0. The molecule has 1 rings (SSSR count). The van der Waals surface area contributed by atoms with Crippen LogP contribution in [0.4, 0.5) is 0 Å². The molecule has 0 saturated heterocycles. The summed E-state index contributed by atoms with van der Waals surface area (Å²) in [6, 6.07) is 3.62. The molecule has 2 N–H and O–H groups in total. The van der Waals surface area contributed by atoms with Crippen LogP contribution in [0, 0.1) is 5.41 Å². The highest BCUT2D eigenvalue weighted by molar-refractivity contribution is 5.82. The van der Waals surface area contributed by atoms with E-state index >= 15 is 0 Å². The van der Waals surface area contributed by atoms with Crippen molar-refractivity contribution in [3.63, 3.8) is 0 Å². The summed E-state index contributed by atoms with van der Waals surface area (Å²) < 4.78 is 0. The molecule has 0 radical (unpaired) electrons. The van der Waals surface area contributed by atoms with Gasteiger partial charge in [-0.2, -0.15) is 0 Å². The molecule has 17 heavy (non-hydrogen) atoms. The van der Waals surface area contributed by atoms with Gasteiger partial charge in [0, 0.05) is 17.8 Å². The number of pyridine rings is 1. The third-order valence-electron chi connectivity index (χ3n) is 2.69. The van der Waals surface area contributed by atoms with E-state index in [1.807, 2.05) is 26.8 Å². The molecule has 4 nitrogen and oxygen atoms in total. The fourth-order valence-electron chi connectivity index (χ4n) is 1.33. The second kappa shape index (κ2) is 4.84. The van der Waals surface area contributed by atoms with E-state index in [-0.39, 0.29) is 12.5 Å². The van der Waals surface area contributed by atoms with Gasteiger partial charge in [0.2, 0.25) is 5.91 Å². The Kier molecular flexibility index (Phi) is 3.88. The van der Waals surface area contributed by atoms with E-state index in [0.29, 0.717) is 0 Å². The summed E-state index contributed by atoms with van der Waals surface area (Å²) in [5.74, 6) is -0.0992. The topological polar surface area (TPSA) is 62.2 Å². The number of nitrogens with zero attached hydrogens (tertiary/aromatic N) is 1. The van der Waals surface area contributed by atoms with Crippen LogP contribution in [0.5, 0.6) is 0 Å². The molecule has 1 heterocycles. The standard InChI is InChI=1S/C13H20N2O2/c1-12(2,3)11(17)15-13(4,9-16)10-6-5-7-14-8-10/h5-8,16H,9H2,1-4H3,(H,15,17). The van der Waals surface area contributed by atoms with Crippen LogP contribution in [0.1, 0.15) is 33.3 Å². The normalized spacial score (nSPS) is 15.1. The van der Waals surface area contributed by atoms with Crippen molar-refractivity contribution in [1.82, 2.24) is 10.3 Å². The van der Waals surface area contributed by atoms with Gasteiger partial charge in [-0.3, -0.25) is 9.78 Å². The average Bonchev–Trinajstić information content (AvgIpc) is 2.28. The minimum atomic E-state index is -0.793. The predicted octanol–water partition coefficient (Wildman–Crippen LogP) is 1.45. The Labute approximate surface area is 102 Å². The summed E-state index contributed by atoms with van der Waals surface area (Å²) in [6.07, 6.45) is 3.31.